The molecule has 2 rings (SSSR count). The zero-order chi connectivity index (χ0) is 14.5. The van der Waals surface area contributed by atoms with Crippen LogP contribution >= 0.6 is 0 Å². The third-order valence-corrected chi connectivity index (χ3v) is 3.08. The van der Waals surface area contributed by atoms with Crippen LogP contribution in [0.15, 0.2) is 36.5 Å². The van der Waals surface area contributed by atoms with E-state index in [1.54, 1.807) is 7.05 Å². The first-order valence-corrected chi connectivity index (χ1v) is 6.68. The van der Waals surface area contributed by atoms with Crippen molar-refractivity contribution in [3.05, 3.63) is 47.9 Å². The van der Waals surface area contributed by atoms with Gasteiger partial charge in [-0.2, -0.15) is 0 Å². The molecule has 4 heteroatoms. The summed E-state index contributed by atoms with van der Waals surface area (Å²) in [6, 6.07) is 7.45. The molecule has 0 spiro atoms. The van der Waals surface area contributed by atoms with Crippen molar-refractivity contribution in [2.75, 3.05) is 7.05 Å². The normalized spacial score (nSPS) is 10.9. The number of amides is 1. The zero-order valence-electron chi connectivity index (χ0n) is 12.1. The lowest BCUT2D eigenvalue weighted by Gasteiger charge is -2.00. The van der Waals surface area contributed by atoms with E-state index in [1.165, 1.54) is 0 Å². The lowest BCUT2D eigenvalue weighted by Crippen LogP contribution is -2.17. The second-order valence-corrected chi connectivity index (χ2v) is 4.56. The van der Waals surface area contributed by atoms with Crippen LogP contribution in [-0.2, 0) is 7.05 Å². The highest BCUT2D eigenvalue weighted by atomic mass is 16.1. The molecule has 0 atom stereocenters. The Morgan fingerprint density at radius 2 is 2.05 bits per heavy atom. The minimum atomic E-state index is -0.0795. The van der Waals surface area contributed by atoms with Crippen LogP contribution in [-0.4, -0.2) is 22.5 Å². The van der Waals surface area contributed by atoms with Crippen LogP contribution in [0.1, 0.15) is 29.5 Å². The highest BCUT2D eigenvalue weighted by Crippen LogP contribution is 2.19. The molecule has 104 valence electrons. The molecule has 1 amide bonds. The van der Waals surface area contributed by atoms with Gasteiger partial charge in [-0.05, 0) is 24.6 Å². The first-order chi connectivity index (χ1) is 9.65. The van der Waals surface area contributed by atoms with Crippen LogP contribution in [0, 0.1) is 0 Å². The van der Waals surface area contributed by atoms with Gasteiger partial charge < -0.3 is 9.88 Å². The molecule has 2 aromatic rings. The summed E-state index contributed by atoms with van der Waals surface area (Å²) in [6.07, 6.45) is 7.08. The van der Waals surface area contributed by atoms with Crippen molar-refractivity contribution < 1.29 is 4.79 Å². The van der Waals surface area contributed by atoms with Crippen molar-refractivity contribution in [1.82, 2.24) is 14.9 Å². The van der Waals surface area contributed by atoms with Crippen molar-refractivity contribution >= 4 is 12.0 Å². The molecule has 0 aliphatic carbocycles. The third kappa shape index (κ3) is 2.96. The Labute approximate surface area is 119 Å². The highest BCUT2D eigenvalue weighted by Gasteiger charge is 2.07. The van der Waals surface area contributed by atoms with E-state index in [9.17, 15) is 4.79 Å². The molecule has 0 saturated carbocycles. The van der Waals surface area contributed by atoms with Crippen molar-refractivity contribution in [3.63, 3.8) is 0 Å². The maximum atomic E-state index is 11.5. The number of nitrogens with zero attached hydrogens (tertiary/aromatic N) is 2. The van der Waals surface area contributed by atoms with Crippen LogP contribution in [0.5, 0.6) is 0 Å². The van der Waals surface area contributed by atoms with Gasteiger partial charge in [0, 0.05) is 31.4 Å². The lowest BCUT2D eigenvalue weighted by molar-refractivity contribution is 0.0963. The summed E-state index contributed by atoms with van der Waals surface area (Å²) in [5, 5.41) is 2.61. The Balaban J connectivity index is 2.28. The summed E-state index contributed by atoms with van der Waals surface area (Å²) in [7, 11) is 3.60. The minimum Gasteiger partial charge on any atom is -0.355 e. The molecule has 1 N–H and O–H groups in total. The summed E-state index contributed by atoms with van der Waals surface area (Å²) in [4.78, 5) is 16.1. The predicted molar refractivity (Wildman–Crippen MR) is 81.4 cm³/mol. The Morgan fingerprint density at radius 3 is 2.65 bits per heavy atom. The molecule has 1 aromatic carbocycles. The van der Waals surface area contributed by atoms with Gasteiger partial charge in [0.2, 0.25) is 0 Å². The van der Waals surface area contributed by atoms with Gasteiger partial charge >= 0.3 is 0 Å². The number of benzene rings is 1. The van der Waals surface area contributed by atoms with E-state index in [-0.39, 0.29) is 5.91 Å². The average molecular weight is 269 g/mol. The zero-order valence-corrected chi connectivity index (χ0v) is 12.1. The molecule has 0 unspecified atom stereocenters. The Morgan fingerprint density at radius 1 is 1.35 bits per heavy atom. The van der Waals surface area contributed by atoms with Crippen molar-refractivity contribution in [1.29, 1.82) is 0 Å². The number of rotatable bonds is 4. The van der Waals surface area contributed by atoms with Crippen molar-refractivity contribution in [3.8, 4) is 11.3 Å². The molecule has 1 aromatic heterocycles. The number of carbonyl (C=O) groups excluding carboxylic acids is 1. The predicted octanol–water partition coefficient (Wildman–Crippen LogP) is 2.87. The summed E-state index contributed by atoms with van der Waals surface area (Å²) in [5.41, 5.74) is 2.56. The Kier molecular flexibility index (Phi) is 4.35. The SMILES string of the molecule is CC/C=C\c1nc(-c2ccc(C(=O)NC)cc2)cn1C. The van der Waals surface area contributed by atoms with Crippen LogP contribution < -0.4 is 5.32 Å². The number of aromatic nitrogens is 2. The van der Waals surface area contributed by atoms with Gasteiger partial charge in [0.1, 0.15) is 5.82 Å². The molecule has 0 bridgehead atoms. The van der Waals surface area contributed by atoms with Crippen molar-refractivity contribution in [2.24, 2.45) is 7.05 Å². The fourth-order valence-corrected chi connectivity index (χ4v) is 1.93. The van der Waals surface area contributed by atoms with Crippen LogP contribution in [0.2, 0.25) is 0 Å². The van der Waals surface area contributed by atoms with E-state index in [1.807, 2.05) is 48.2 Å². The number of imidazole rings is 1. The largest absolute Gasteiger partial charge is 0.355 e. The lowest BCUT2D eigenvalue weighted by atomic mass is 10.1. The summed E-state index contributed by atoms with van der Waals surface area (Å²) in [5.74, 6) is 0.848. The topological polar surface area (TPSA) is 46.9 Å². The summed E-state index contributed by atoms with van der Waals surface area (Å²) >= 11 is 0. The van der Waals surface area contributed by atoms with Gasteiger partial charge in [0.15, 0.2) is 0 Å². The van der Waals surface area contributed by atoms with Gasteiger partial charge in [-0.25, -0.2) is 4.98 Å². The van der Waals surface area contributed by atoms with Gasteiger partial charge in [0.05, 0.1) is 5.69 Å². The monoisotopic (exact) mass is 269 g/mol. The molecular formula is C16H19N3O. The number of aryl methyl sites for hydroxylation is 1. The Hall–Kier alpha value is -2.36. The summed E-state index contributed by atoms with van der Waals surface area (Å²) in [6.45, 7) is 2.10. The number of hydrogen-bond donors (Lipinski definition) is 1. The van der Waals surface area contributed by atoms with E-state index >= 15 is 0 Å². The van der Waals surface area contributed by atoms with Gasteiger partial charge in [0.25, 0.3) is 5.91 Å². The molecule has 20 heavy (non-hydrogen) atoms. The smallest absolute Gasteiger partial charge is 0.251 e. The molecule has 0 aliphatic heterocycles. The third-order valence-electron chi connectivity index (χ3n) is 3.08. The quantitative estimate of drug-likeness (QED) is 0.927. The van der Waals surface area contributed by atoms with E-state index in [4.69, 9.17) is 0 Å². The number of hydrogen-bond acceptors (Lipinski definition) is 2. The van der Waals surface area contributed by atoms with E-state index in [0.29, 0.717) is 5.56 Å². The fraction of sp³-hybridized carbons (Fsp3) is 0.250. The second-order valence-electron chi connectivity index (χ2n) is 4.56. The molecule has 0 radical (unpaired) electrons. The average Bonchev–Trinajstić information content (AvgIpc) is 2.85. The van der Waals surface area contributed by atoms with E-state index in [0.717, 1.165) is 23.5 Å². The second kappa shape index (κ2) is 6.19. The maximum Gasteiger partial charge on any atom is 0.251 e. The standard InChI is InChI=1S/C16H19N3O/c1-4-5-6-15-18-14(11-19(15)3)12-7-9-13(10-8-12)16(20)17-2/h5-11H,4H2,1-3H3,(H,17,20)/b6-5-. The molecule has 0 fully saturated rings. The molecular weight excluding hydrogens is 250 g/mol. The molecule has 4 nitrogen and oxygen atoms in total. The fourth-order valence-electron chi connectivity index (χ4n) is 1.93. The molecule has 0 saturated heterocycles. The number of carbonyl (C=O) groups is 1. The van der Waals surface area contributed by atoms with Crippen LogP contribution in [0.4, 0.5) is 0 Å². The van der Waals surface area contributed by atoms with Gasteiger partial charge in [-0.15, -0.1) is 0 Å². The highest BCUT2D eigenvalue weighted by molar-refractivity contribution is 5.94. The van der Waals surface area contributed by atoms with Gasteiger partial charge in [-0.1, -0.05) is 25.1 Å². The minimum absolute atomic E-state index is 0.0795. The Bertz CT molecular complexity index is 624. The van der Waals surface area contributed by atoms with E-state index in [2.05, 4.69) is 23.3 Å². The van der Waals surface area contributed by atoms with E-state index < -0.39 is 0 Å². The van der Waals surface area contributed by atoms with Crippen molar-refractivity contribution in [2.45, 2.75) is 13.3 Å². The van der Waals surface area contributed by atoms with Crippen LogP contribution in [0.3, 0.4) is 0 Å². The summed E-state index contributed by atoms with van der Waals surface area (Å²) < 4.78 is 1.99. The molecule has 0 aliphatic rings. The maximum absolute atomic E-state index is 11.5. The number of allylic oxidation sites excluding steroid dienone is 1. The molecule has 1 heterocycles. The number of nitrogens with one attached hydrogen (secondary N) is 1. The van der Waals surface area contributed by atoms with Gasteiger partial charge in [-0.3, -0.25) is 4.79 Å². The van der Waals surface area contributed by atoms with Crippen LogP contribution in [0.25, 0.3) is 17.3 Å². The first kappa shape index (κ1) is 14.1. The first-order valence-electron chi connectivity index (χ1n) is 6.68.